The zero-order valence-corrected chi connectivity index (χ0v) is 14.5. The topological polar surface area (TPSA) is 29.5 Å². The van der Waals surface area contributed by atoms with Crippen LogP contribution in [0.2, 0.25) is 0 Å². The van der Waals surface area contributed by atoms with Gasteiger partial charge in [0.05, 0.1) is 12.3 Å². The summed E-state index contributed by atoms with van der Waals surface area (Å²) < 4.78 is 5.73. The van der Waals surface area contributed by atoms with Gasteiger partial charge in [-0.3, -0.25) is 9.69 Å². The fourth-order valence-corrected chi connectivity index (χ4v) is 2.37. The Balaban J connectivity index is 3.01. The number of hydrogen-bond donors (Lipinski definition) is 0. The van der Waals surface area contributed by atoms with Crippen LogP contribution in [-0.4, -0.2) is 25.1 Å². The van der Waals surface area contributed by atoms with Crippen LogP contribution in [0.15, 0.2) is 30.9 Å². The molecule has 0 spiro atoms. The van der Waals surface area contributed by atoms with Gasteiger partial charge in [0.15, 0.2) is 0 Å². The molecule has 1 rings (SSSR count). The first-order chi connectivity index (χ1) is 10.5. The van der Waals surface area contributed by atoms with Gasteiger partial charge in [-0.25, -0.2) is 0 Å². The van der Waals surface area contributed by atoms with E-state index in [1.54, 1.807) is 4.90 Å². The lowest BCUT2D eigenvalue weighted by Gasteiger charge is -2.26. The molecule has 22 heavy (non-hydrogen) atoms. The molecule has 0 saturated carbocycles. The average Bonchev–Trinajstić information content (AvgIpc) is 2.52. The molecular weight excluding hydrogens is 298 g/mol. The largest absolute Gasteiger partial charge is 0.360 e. The summed E-state index contributed by atoms with van der Waals surface area (Å²) in [5, 5.41) is 0. The molecule has 0 fully saturated rings. The molecular formula is C18H26ClNO2. The number of allylic oxidation sites excluding steroid dienone is 1. The minimum absolute atomic E-state index is 0.0610. The smallest absolute Gasteiger partial charge is 0.243 e. The Kier molecular flexibility index (Phi) is 8.21. The van der Waals surface area contributed by atoms with Gasteiger partial charge in [0.1, 0.15) is 12.6 Å². The Morgan fingerprint density at radius 1 is 1.50 bits per heavy atom. The standard InChI is InChI=1S/C18H26ClNO2/c1-5-8-16-10-7-9-15(4)18(16)20(17(21)11-19)13-22-12-14(3)6-2/h5,7,9-10,14H,1,6,8,11-13H2,2-4H3. The van der Waals surface area contributed by atoms with Crippen LogP contribution in [0.1, 0.15) is 31.4 Å². The second-order valence-electron chi connectivity index (χ2n) is 5.54. The number of rotatable bonds is 9. The highest BCUT2D eigenvalue weighted by molar-refractivity contribution is 6.29. The number of carbonyl (C=O) groups is 1. The SMILES string of the molecule is C=CCc1cccc(C)c1N(COCC(C)CC)C(=O)CCl. The minimum atomic E-state index is -0.148. The highest BCUT2D eigenvalue weighted by atomic mass is 35.5. The van der Waals surface area contributed by atoms with Crippen LogP contribution in [0, 0.1) is 12.8 Å². The first-order valence-electron chi connectivity index (χ1n) is 7.68. The normalized spacial score (nSPS) is 12.0. The summed E-state index contributed by atoms with van der Waals surface area (Å²) >= 11 is 5.78. The zero-order valence-electron chi connectivity index (χ0n) is 13.8. The Morgan fingerprint density at radius 2 is 2.23 bits per heavy atom. The number of alkyl halides is 1. The van der Waals surface area contributed by atoms with E-state index >= 15 is 0 Å². The molecule has 0 bridgehead atoms. The van der Waals surface area contributed by atoms with E-state index in [0.29, 0.717) is 18.9 Å². The van der Waals surface area contributed by atoms with E-state index < -0.39 is 0 Å². The van der Waals surface area contributed by atoms with Crippen molar-refractivity contribution < 1.29 is 9.53 Å². The van der Waals surface area contributed by atoms with Gasteiger partial charge in [0.25, 0.3) is 0 Å². The van der Waals surface area contributed by atoms with Gasteiger partial charge in [-0.15, -0.1) is 18.2 Å². The number of halogens is 1. The van der Waals surface area contributed by atoms with Crippen molar-refractivity contribution in [3.05, 3.63) is 42.0 Å². The molecule has 0 heterocycles. The maximum absolute atomic E-state index is 12.3. The number of para-hydroxylation sites is 1. The van der Waals surface area contributed by atoms with Crippen molar-refractivity contribution in [1.82, 2.24) is 0 Å². The number of aryl methyl sites for hydroxylation is 1. The van der Waals surface area contributed by atoms with E-state index in [1.165, 1.54) is 0 Å². The van der Waals surface area contributed by atoms with Crippen molar-refractivity contribution in [3.63, 3.8) is 0 Å². The van der Waals surface area contributed by atoms with E-state index in [4.69, 9.17) is 16.3 Å². The molecule has 1 atom stereocenters. The van der Waals surface area contributed by atoms with Gasteiger partial charge in [0, 0.05) is 0 Å². The highest BCUT2D eigenvalue weighted by Crippen LogP contribution is 2.26. The average molecular weight is 324 g/mol. The molecule has 0 saturated heterocycles. The lowest BCUT2D eigenvalue weighted by atomic mass is 10.0. The third kappa shape index (κ3) is 5.15. The Morgan fingerprint density at radius 3 is 2.82 bits per heavy atom. The summed E-state index contributed by atoms with van der Waals surface area (Å²) in [6.45, 7) is 10.9. The number of anilines is 1. The van der Waals surface area contributed by atoms with Crippen LogP contribution >= 0.6 is 11.6 Å². The maximum atomic E-state index is 12.3. The van der Waals surface area contributed by atoms with Gasteiger partial charge in [-0.2, -0.15) is 0 Å². The van der Waals surface area contributed by atoms with Crippen molar-refractivity contribution >= 4 is 23.2 Å². The third-order valence-electron chi connectivity index (χ3n) is 3.69. The number of hydrogen-bond acceptors (Lipinski definition) is 2. The molecule has 0 radical (unpaired) electrons. The fourth-order valence-electron chi connectivity index (χ4n) is 2.22. The molecule has 3 nitrogen and oxygen atoms in total. The van der Waals surface area contributed by atoms with Crippen LogP contribution < -0.4 is 4.90 Å². The fraction of sp³-hybridized carbons (Fsp3) is 0.500. The van der Waals surface area contributed by atoms with Crippen LogP contribution in [-0.2, 0) is 16.0 Å². The summed E-state index contributed by atoms with van der Waals surface area (Å²) in [6.07, 6.45) is 3.59. The van der Waals surface area contributed by atoms with Crippen molar-refractivity contribution in [2.45, 2.75) is 33.6 Å². The molecule has 0 aliphatic carbocycles. The van der Waals surface area contributed by atoms with E-state index in [2.05, 4.69) is 20.4 Å². The number of amides is 1. The summed E-state index contributed by atoms with van der Waals surface area (Å²) in [6, 6.07) is 5.99. The second kappa shape index (κ2) is 9.65. The molecule has 1 aromatic carbocycles. The molecule has 1 aromatic rings. The predicted octanol–water partition coefficient (Wildman–Crippen LogP) is 4.32. The number of ether oxygens (including phenoxy) is 1. The van der Waals surface area contributed by atoms with Crippen molar-refractivity contribution in [2.24, 2.45) is 5.92 Å². The molecule has 0 aromatic heterocycles. The summed E-state index contributed by atoms with van der Waals surface area (Å²) in [5.41, 5.74) is 2.97. The molecule has 1 unspecified atom stereocenters. The lowest BCUT2D eigenvalue weighted by Crippen LogP contribution is -2.36. The predicted molar refractivity (Wildman–Crippen MR) is 93.6 cm³/mol. The third-order valence-corrected chi connectivity index (χ3v) is 3.92. The van der Waals surface area contributed by atoms with Crippen LogP contribution in [0.4, 0.5) is 5.69 Å². The van der Waals surface area contributed by atoms with Crippen molar-refractivity contribution in [1.29, 1.82) is 0 Å². The molecule has 1 amide bonds. The van der Waals surface area contributed by atoms with Crippen molar-refractivity contribution in [3.8, 4) is 0 Å². The van der Waals surface area contributed by atoms with Gasteiger partial charge in [-0.05, 0) is 30.4 Å². The minimum Gasteiger partial charge on any atom is -0.360 e. The second-order valence-corrected chi connectivity index (χ2v) is 5.81. The highest BCUT2D eigenvalue weighted by Gasteiger charge is 2.20. The molecule has 0 aliphatic heterocycles. The van der Waals surface area contributed by atoms with Crippen LogP contribution in [0.5, 0.6) is 0 Å². The van der Waals surface area contributed by atoms with Gasteiger partial charge in [0.2, 0.25) is 5.91 Å². The quantitative estimate of drug-likeness (QED) is 0.385. The Labute approximate surface area is 138 Å². The summed E-state index contributed by atoms with van der Waals surface area (Å²) in [7, 11) is 0. The molecule has 0 N–H and O–H groups in total. The lowest BCUT2D eigenvalue weighted by molar-refractivity contribution is -0.117. The monoisotopic (exact) mass is 323 g/mol. The molecule has 4 heteroatoms. The molecule has 122 valence electrons. The zero-order chi connectivity index (χ0) is 16.5. The Hall–Kier alpha value is -1.32. The van der Waals surface area contributed by atoms with E-state index in [9.17, 15) is 4.79 Å². The van der Waals surface area contributed by atoms with E-state index in [1.807, 2.05) is 31.2 Å². The maximum Gasteiger partial charge on any atom is 0.243 e. The van der Waals surface area contributed by atoms with Gasteiger partial charge < -0.3 is 4.74 Å². The number of nitrogens with zero attached hydrogens (tertiary/aromatic N) is 1. The first-order valence-corrected chi connectivity index (χ1v) is 8.22. The van der Waals surface area contributed by atoms with Gasteiger partial charge in [-0.1, -0.05) is 44.5 Å². The van der Waals surface area contributed by atoms with E-state index in [-0.39, 0.29) is 18.5 Å². The first kappa shape index (κ1) is 18.7. The number of benzene rings is 1. The van der Waals surface area contributed by atoms with Gasteiger partial charge >= 0.3 is 0 Å². The summed E-state index contributed by atoms with van der Waals surface area (Å²) in [5.74, 6) is 0.261. The Bertz CT molecular complexity index is 502. The van der Waals surface area contributed by atoms with Crippen LogP contribution in [0.3, 0.4) is 0 Å². The van der Waals surface area contributed by atoms with E-state index in [0.717, 1.165) is 23.2 Å². The van der Waals surface area contributed by atoms with Crippen LogP contribution in [0.25, 0.3) is 0 Å². The number of carbonyl (C=O) groups excluding carboxylic acids is 1. The van der Waals surface area contributed by atoms with Crippen molar-refractivity contribution in [2.75, 3.05) is 24.1 Å². The molecule has 0 aliphatic rings. The summed E-state index contributed by atoms with van der Waals surface area (Å²) in [4.78, 5) is 13.9.